The van der Waals surface area contributed by atoms with Crippen molar-refractivity contribution in [2.24, 2.45) is 5.73 Å². The zero-order valence-electron chi connectivity index (χ0n) is 9.76. The summed E-state index contributed by atoms with van der Waals surface area (Å²) in [5, 5.41) is 2.05. The molecule has 106 valence electrons. The molecule has 0 aliphatic heterocycles. The van der Waals surface area contributed by atoms with Crippen molar-refractivity contribution in [3.8, 4) is 0 Å². The molecule has 0 unspecified atom stereocenters. The third-order valence-corrected chi connectivity index (χ3v) is 6.81. The van der Waals surface area contributed by atoms with Crippen molar-refractivity contribution in [3.05, 3.63) is 44.7 Å². The van der Waals surface area contributed by atoms with Crippen LogP contribution in [0.15, 0.2) is 38.3 Å². The smallest absolute Gasteiger partial charge is 0.272 e. The van der Waals surface area contributed by atoms with Crippen molar-refractivity contribution in [1.29, 1.82) is 0 Å². The Balaban J connectivity index is 2.47. The first kappa shape index (κ1) is 15.7. The minimum absolute atomic E-state index is 0.0876. The first-order valence-corrected chi connectivity index (χ1v) is 9.10. The van der Waals surface area contributed by atoms with Gasteiger partial charge in [-0.05, 0) is 45.6 Å². The van der Waals surface area contributed by atoms with Crippen molar-refractivity contribution in [2.75, 3.05) is 4.72 Å². The molecule has 4 nitrogen and oxygen atoms in total. The van der Waals surface area contributed by atoms with Crippen molar-refractivity contribution < 1.29 is 8.42 Å². The molecular weight excluding hydrogens is 404 g/mol. The van der Waals surface area contributed by atoms with Crippen molar-refractivity contribution >= 4 is 71.8 Å². The number of benzene rings is 1. The van der Waals surface area contributed by atoms with Crippen LogP contribution in [0.25, 0.3) is 0 Å². The second-order valence-corrected chi connectivity index (χ2v) is 8.24. The Morgan fingerprint density at radius 3 is 2.65 bits per heavy atom. The number of hydrogen-bond donors (Lipinski definition) is 2. The summed E-state index contributed by atoms with van der Waals surface area (Å²) < 4.78 is 27.7. The molecule has 1 aromatic carbocycles. The van der Waals surface area contributed by atoms with E-state index in [0.717, 1.165) is 11.3 Å². The molecule has 0 amide bonds. The summed E-state index contributed by atoms with van der Waals surface area (Å²) in [6, 6.07) is 6.29. The van der Waals surface area contributed by atoms with Crippen LogP contribution >= 0.6 is 51.1 Å². The lowest BCUT2D eigenvalue weighted by molar-refractivity contribution is 0.603. The average Bonchev–Trinajstić information content (AvgIpc) is 2.75. The minimum Gasteiger partial charge on any atom is -0.389 e. The van der Waals surface area contributed by atoms with Gasteiger partial charge in [0.2, 0.25) is 0 Å². The van der Waals surface area contributed by atoms with Gasteiger partial charge in [-0.25, -0.2) is 8.42 Å². The Hall–Kier alpha value is -0.670. The molecule has 0 aliphatic carbocycles. The summed E-state index contributed by atoms with van der Waals surface area (Å²) in [5.41, 5.74) is 6.25. The number of rotatable bonds is 4. The van der Waals surface area contributed by atoms with Crippen molar-refractivity contribution in [1.82, 2.24) is 0 Å². The molecule has 0 bridgehead atoms. The van der Waals surface area contributed by atoms with Gasteiger partial charge in [0.1, 0.15) is 4.99 Å². The van der Waals surface area contributed by atoms with Gasteiger partial charge >= 0.3 is 0 Å². The van der Waals surface area contributed by atoms with Gasteiger partial charge in [-0.15, -0.1) is 11.3 Å². The molecule has 0 saturated heterocycles. The van der Waals surface area contributed by atoms with Gasteiger partial charge in [0, 0.05) is 15.1 Å². The molecule has 0 aliphatic rings. The summed E-state index contributed by atoms with van der Waals surface area (Å²) in [4.78, 5) is 0.0876. The van der Waals surface area contributed by atoms with Gasteiger partial charge in [0.05, 0.1) is 5.69 Å². The highest BCUT2D eigenvalue weighted by molar-refractivity contribution is 9.10. The van der Waals surface area contributed by atoms with E-state index in [1.54, 1.807) is 23.6 Å². The maximum absolute atomic E-state index is 12.3. The fourth-order valence-corrected chi connectivity index (χ4v) is 5.24. The number of hydrogen-bond acceptors (Lipinski definition) is 4. The predicted octanol–water partition coefficient (Wildman–Crippen LogP) is 3.60. The van der Waals surface area contributed by atoms with E-state index < -0.39 is 10.0 Å². The van der Waals surface area contributed by atoms with Gasteiger partial charge in [-0.1, -0.05) is 23.8 Å². The Morgan fingerprint density at radius 2 is 2.10 bits per heavy atom. The molecule has 0 atom stereocenters. The van der Waals surface area contributed by atoms with Gasteiger partial charge in [-0.3, -0.25) is 4.72 Å². The zero-order valence-corrected chi connectivity index (χ0v) is 14.6. The second kappa shape index (κ2) is 5.98. The molecule has 20 heavy (non-hydrogen) atoms. The summed E-state index contributed by atoms with van der Waals surface area (Å²) >= 11 is 15.1. The van der Waals surface area contributed by atoms with E-state index >= 15 is 0 Å². The quantitative estimate of drug-likeness (QED) is 0.754. The van der Waals surface area contributed by atoms with Gasteiger partial charge in [0.15, 0.2) is 4.21 Å². The number of sulfonamides is 1. The number of thiocarbonyl (C=S) groups is 1. The molecule has 2 rings (SSSR count). The van der Waals surface area contributed by atoms with Crippen LogP contribution in [-0.2, 0) is 10.0 Å². The molecular formula is C11H8BrClN2O2S3. The normalized spacial score (nSPS) is 11.3. The highest BCUT2D eigenvalue weighted by Crippen LogP contribution is 2.30. The van der Waals surface area contributed by atoms with Crippen LogP contribution in [0.3, 0.4) is 0 Å². The van der Waals surface area contributed by atoms with E-state index in [-0.39, 0.29) is 14.9 Å². The monoisotopic (exact) mass is 410 g/mol. The third kappa shape index (κ3) is 3.32. The largest absolute Gasteiger partial charge is 0.389 e. The van der Waals surface area contributed by atoms with Crippen LogP contribution < -0.4 is 10.5 Å². The first-order chi connectivity index (χ1) is 9.31. The summed E-state index contributed by atoms with van der Waals surface area (Å²) in [5.74, 6) is 0. The zero-order chi connectivity index (χ0) is 14.9. The number of halogens is 2. The Bertz CT molecular complexity index is 774. The van der Waals surface area contributed by atoms with Crippen LogP contribution in [-0.4, -0.2) is 13.4 Å². The average molecular weight is 412 g/mol. The number of nitrogens with two attached hydrogens (primary N) is 1. The van der Waals surface area contributed by atoms with E-state index in [1.807, 2.05) is 0 Å². The number of nitrogens with one attached hydrogen (secondary N) is 1. The Morgan fingerprint density at radius 1 is 1.40 bits per heavy atom. The van der Waals surface area contributed by atoms with Crippen LogP contribution in [0.1, 0.15) is 5.56 Å². The van der Waals surface area contributed by atoms with Gasteiger partial charge in [0.25, 0.3) is 10.0 Å². The van der Waals surface area contributed by atoms with Gasteiger partial charge < -0.3 is 5.73 Å². The lowest BCUT2D eigenvalue weighted by atomic mass is 10.2. The molecule has 0 spiro atoms. The van der Waals surface area contributed by atoms with Crippen LogP contribution in [0.5, 0.6) is 0 Å². The maximum atomic E-state index is 12.3. The van der Waals surface area contributed by atoms with Gasteiger partial charge in [-0.2, -0.15) is 0 Å². The standard InChI is InChI=1S/C11H8BrClN2O2S3/c12-8-3-4-19-11(8)20(16,17)15-9-5-6(13)1-2-7(9)10(14)18/h1-5,15H,(H2,14,18). The number of anilines is 1. The van der Waals surface area contributed by atoms with Crippen LogP contribution in [0.4, 0.5) is 5.69 Å². The van der Waals surface area contributed by atoms with Crippen molar-refractivity contribution in [3.63, 3.8) is 0 Å². The molecule has 3 N–H and O–H groups in total. The fraction of sp³-hybridized carbons (Fsp3) is 0. The lowest BCUT2D eigenvalue weighted by Crippen LogP contribution is -2.17. The topological polar surface area (TPSA) is 72.2 Å². The first-order valence-electron chi connectivity index (χ1n) is 5.16. The van der Waals surface area contributed by atoms with E-state index in [0.29, 0.717) is 15.1 Å². The third-order valence-electron chi connectivity index (χ3n) is 2.32. The summed E-state index contributed by atoms with van der Waals surface area (Å²) in [7, 11) is -3.73. The minimum atomic E-state index is -3.73. The van der Waals surface area contributed by atoms with Crippen LogP contribution in [0.2, 0.25) is 5.02 Å². The van der Waals surface area contributed by atoms with Crippen LogP contribution in [0, 0.1) is 0 Å². The highest BCUT2D eigenvalue weighted by atomic mass is 79.9. The van der Waals surface area contributed by atoms with E-state index in [9.17, 15) is 8.42 Å². The number of thiophene rings is 1. The van der Waals surface area contributed by atoms with E-state index in [2.05, 4.69) is 20.7 Å². The SMILES string of the molecule is NC(=S)c1ccc(Cl)cc1NS(=O)(=O)c1sccc1Br. The van der Waals surface area contributed by atoms with Crippen molar-refractivity contribution in [2.45, 2.75) is 4.21 Å². The lowest BCUT2D eigenvalue weighted by Gasteiger charge is -2.11. The van der Waals surface area contributed by atoms with E-state index in [4.69, 9.17) is 29.6 Å². The van der Waals surface area contributed by atoms with E-state index in [1.165, 1.54) is 6.07 Å². The molecule has 1 aromatic heterocycles. The molecule has 9 heteroatoms. The maximum Gasteiger partial charge on any atom is 0.272 e. The fourth-order valence-electron chi connectivity index (χ4n) is 1.48. The molecule has 0 fully saturated rings. The summed E-state index contributed by atoms with van der Waals surface area (Å²) in [6.07, 6.45) is 0. The molecule has 0 saturated carbocycles. The Kier molecular flexibility index (Phi) is 4.70. The molecule has 1 heterocycles. The highest BCUT2D eigenvalue weighted by Gasteiger charge is 2.21. The predicted molar refractivity (Wildman–Crippen MR) is 90.2 cm³/mol. The second-order valence-electron chi connectivity index (χ2n) is 3.72. The molecule has 0 radical (unpaired) electrons. The molecule has 2 aromatic rings. The summed E-state index contributed by atoms with van der Waals surface area (Å²) in [6.45, 7) is 0. The Labute approximate surface area is 139 Å².